The SMILES string of the molecule is CNc1nc(-c2ccnn2C)nc(C)c1C(C)C. The van der Waals surface area contributed by atoms with Crippen LogP contribution in [-0.4, -0.2) is 26.8 Å². The van der Waals surface area contributed by atoms with E-state index in [4.69, 9.17) is 0 Å². The molecular formula is C13H19N5. The van der Waals surface area contributed by atoms with Gasteiger partial charge >= 0.3 is 0 Å². The molecule has 2 aromatic heterocycles. The van der Waals surface area contributed by atoms with E-state index >= 15 is 0 Å². The third-order valence-electron chi connectivity index (χ3n) is 3.00. The van der Waals surface area contributed by atoms with E-state index in [-0.39, 0.29) is 0 Å². The van der Waals surface area contributed by atoms with Crippen LogP contribution in [0.5, 0.6) is 0 Å². The van der Waals surface area contributed by atoms with Crippen LogP contribution in [0.25, 0.3) is 11.5 Å². The molecule has 0 radical (unpaired) electrons. The molecule has 0 aliphatic carbocycles. The normalized spacial score (nSPS) is 11.0. The zero-order valence-electron chi connectivity index (χ0n) is 11.5. The number of hydrogen-bond donors (Lipinski definition) is 1. The first-order valence-corrected chi connectivity index (χ1v) is 6.09. The molecule has 0 spiro atoms. The third kappa shape index (κ3) is 2.08. The molecule has 0 unspecified atom stereocenters. The van der Waals surface area contributed by atoms with Gasteiger partial charge in [0, 0.05) is 31.5 Å². The van der Waals surface area contributed by atoms with Crippen LogP contribution >= 0.6 is 0 Å². The highest BCUT2D eigenvalue weighted by Gasteiger charge is 2.15. The molecule has 0 fully saturated rings. The summed E-state index contributed by atoms with van der Waals surface area (Å²) in [4.78, 5) is 9.19. The molecule has 0 saturated carbocycles. The Hall–Kier alpha value is -1.91. The van der Waals surface area contributed by atoms with Gasteiger partial charge in [-0.3, -0.25) is 4.68 Å². The maximum Gasteiger partial charge on any atom is 0.180 e. The average Bonchev–Trinajstić information content (AvgIpc) is 2.73. The first-order valence-electron chi connectivity index (χ1n) is 6.09. The zero-order chi connectivity index (χ0) is 13.3. The molecule has 0 aliphatic heterocycles. The Morgan fingerprint density at radius 3 is 2.50 bits per heavy atom. The van der Waals surface area contributed by atoms with Crippen LogP contribution in [0.2, 0.25) is 0 Å². The van der Waals surface area contributed by atoms with Crippen molar-refractivity contribution in [3.63, 3.8) is 0 Å². The van der Waals surface area contributed by atoms with Crippen LogP contribution in [0.15, 0.2) is 12.3 Å². The number of aryl methyl sites for hydroxylation is 2. The van der Waals surface area contributed by atoms with Gasteiger partial charge in [0.2, 0.25) is 0 Å². The second kappa shape index (κ2) is 4.76. The summed E-state index contributed by atoms with van der Waals surface area (Å²) < 4.78 is 1.78. The van der Waals surface area contributed by atoms with Crippen molar-refractivity contribution < 1.29 is 0 Å². The van der Waals surface area contributed by atoms with Gasteiger partial charge in [-0.05, 0) is 18.9 Å². The first kappa shape index (κ1) is 12.5. The molecule has 5 heteroatoms. The Balaban J connectivity index is 2.60. The molecular weight excluding hydrogens is 226 g/mol. The molecule has 5 nitrogen and oxygen atoms in total. The van der Waals surface area contributed by atoms with Gasteiger partial charge in [0.25, 0.3) is 0 Å². The number of aromatic nitrogens is 4. The van der Waals surface area contributed by atoms with Gasteiger partial charge in [0.05, 0.1) is 0 Å². The lowest BCUT2D eigenvalue weighted by molar-refractivity contribution is 0.766. The van der Waals surface area contributed by atoms with Crippen LogP contribution in [0.1, 0.15) is 31.0 Å². The minimum atomic E-state index is 0.396. The second-order valence-corrected chi connectivity index (χ2v) is 4.64. The molecule has 18 heavy (non-hydrogen) atoms. The maximum atomic E-state index is 4.59. The zero-order valence-corrected chi connectivity index (χ0v) is 11.5. The predicted molar refractivity (Wildman–Crippen MR) is 72.6 cm³/mol. The topological polar surface area (TPSA) is 55.6 Å². The fraction of sp³-hybridized carbons (Fsp3) is 0.462. The van der Waals surface area contributed by atoms with E-state index in [1.54, 1.807) is 10.9 Å². The largest absolute Gasteiger partial charge is 0.373 e. The summed E-state index contributed by atoms with van der Waals surface area (Å²) in [5, 5.41) is 7.31. The molecule has 2 rings (SSSR count). The van der Waals surface area contributed by atoms with E-state index in [1.807, 2.05) is 27.1 Å². The molecule has 0 amide bonds. The fourth-order valence-corrected chi connectivity index (χ4v) is 2.17. The summed E-state index contributed by atoms with van der Waals surface area (Å²) in [6.07, 6.45) is 1.75. The van der Waals surface area contributed by atoms with Gasteiger partial charge < -0.3 is 5.32 Å². The van der Waals surface area contributed by atoms with Crippen molar-refractivity contribution in [2.45, 2.75) is 26.7 Å². The highest BCUT2D eigenvalue weighted by atomic mass is 15.3. The highest BCUT2D eigenvalue weighted by molar-refractivity contribution is 5.57. The summed E-state index contributed by atoms with van der Waals surface area (Å²) in [6.45, 7) is 6.32. The van der Waals surface area contributed by atoms with Crippen molar-refractivity contribution in [3.8, 4) is 11.5 Å². The Kier molecular flexibility index (Phi) is 3.32. The van der Waals surface area contributed by atoms with Gasteiger partial charge in [-0.2, -0.15) is 5.10 Å². The second-order valence-electron chi connectivity index (χ2n) is 4.64. The number of rotatable bonds is 3. The van der Waals surface area contributed by atoms with Crippen molar-refractivity contribution in [1.82, 2.24) is 19.7 Å². The van der Waals surface area contributed by atoms with Crippen molar-refractivity contribution in [1.29, 1.82) is 0 Å². The van der Waals surface area contributed by atoms with Crippen molar-refractivity contribution in [2.24, 2.45) is 7.05 Å². The van der Waals surface area contributed by atoms with E-state index < -0.39 is 0 Å². The van der Waals surface area contributed by atoms with Crippen molar-refractivity contribution >= 4 is 5.82 Å². The van der Waals surface area contributed by atoms with Crippen molar-refractivity contribution in [3.05, 3.63) is 23.5 Å². The van der Waals surface area contributed by atoms with Crippen molar-refractivity contribution in [2.75, 3.05) is 12.4 Å². The molecule has 0 aliphatic rings. The molecule has 96 valence electrons. The van der Waals surface area contributed by atoms with E-state index in [0.717, 1.165) is 17.2 Å². The fourth-order valence-electron chi connectivity index (χ4n) is 2.17. The summed E-state index contributed by atoms with van der Waals surface area (Å²) in [5.74, 6) is 2.00. The Bertz CT molecular complexity index is 557. The van der Waals surface area contributed by atoms with Crippen LogP contribution in [0.3, 0.4) is 0 Å². The molecule has 0 bridgehead atoms. The van der Waals surface area contributed by atoms with E-state index in [2.05, 4.69) is 34.2 Å². The predicted octanol–water partition coefficient (Wildman–Crippen LogP) is 2.35. The van der Waals surface area contributed by atoms with E-state index in [1.165, 1.54) is 5.56 Å². The summed E-state index contributed by atoms with van der Waals surface area (Å²) >= 11 is 0. The van der Waals surface area contributed by atoms with Crippen LogP contribution in [-0.2, 0) is 7.05 Å². The van der Waals surface area contributed by atoms with Crippen LogP contribution in [0, 0.1) is 6.92 Å². The van der Waals surface area contributed by atoms with Gasteiger partial charge in [0.15, 0.2) is 5.82 Å². The standard InChI is InChI=1S/C13H19N5/c1-8(2)11-9(3)16-12(17-13(11)14-4)10-6-7-15-18(10)5/h6-8H,1-5H3,(H,14,16,17). The van der Waals surface area contributed by atoms with Crippen LogP contribution < -0.4 is 5.32 Å². The summed E-state index contributed by atoms with van der Waals surface area (Å²) in [7, 11) is 3.78. The lowest BCUT2D eigenvalue weighted by Crippen LogP contribution is -2.08. The molecule has 0 saturated heterocycles. The first-order chi connectivity index (χ1) is 8.54. The lowest BCUT2D eigenvalue weighted by atomic mass is 10.0. The minimum Gasteiger partial charge on any atom is -0.373 e. The summed E-state index contributed by atoms with van der Waals surface area (Å²) in [5.41, 5.74) is 3.11. The Morgan fingerprint density at radius 1 is 1.28 bits per heavy atom. The van der Waals surface area contributed by atoms with Gasteiger partial charge in [-0.25, -0.2) is 9.97 Å². The number of nitrogens with zero attached hydrogens (tertiary/aromatic N) is 4. The highest BCUT2D eigenvalue weighted by Crippen LogP contribution is 2.27. The molecule has 0 atom stereocenters. The number of hydrogen-bond acceptors (Lipinski definition) is 4. The molecule has 1 N–H and O–H groups in total. The van der Waals surface area contributed by atoms with E-state index in [0.29, 0.717) is 11.7 Å². The molecule has 0 aromatic carbocycles. The molecule has 2 heterocycles. The number of anilines is 1. The van der Waals surface area contributed by atoms with Gasteiger partial charge in [0.1, 0.15) is 11.5 Å². The van der Waals surface area contributed by atoms with Crippen LogP contribution in [0.4, 0.5) is 5.82 Å². The third-order valence-corrected chi connectivity index (χ3v) is 3.00. The smallest absolute Gasteiger partial charge is 0.180 e. The molecule has 2 aromatic rings. The van der Waals surface area contributed by atoms with Gasteiger partial charge in [-0.1, -0.05) is 13.8 Å². The monoisotopic (exact) mass is 245 g/mol. The Morgan fingerprint density at radius 2 is 2.00 bits per heavy atom. The number of nitrogens with one attached hydrogen (secondary N) is 1. The lowest BCUT2D eigenvalue weighted by Gasteiger charge is -2.15. The van der Waals surface area contributed by atoms with Gasteiger partial charge in [-0.15, -0.1) is 0 Å². The quantitative estimate of drug-likeness (QED) is 0.901. The summed E-state index contributed by atoms with van der Waals surface area (Å²) in [6, 6.07) is 1.92. The van der Waals surface area contributed by atoms with E-state index in [9.17, 15) is 0 Å². The maximum absolute atomic E-state index is 4.59. The minimum absolute atomic E-state index is 0.396. The average molecular weight is 245 g/mol. The Labute approximate surface area is 107 Å².